The summed E-state index contributed by atoms with van der Waals surface area (Å²) >= 11 is 9.50. The molecule has 23 heavy (non-hydrogen) atoms. The summed E-state index contributed by atoms with van der Waals surface area (Å²) in [5, 5.41) is 10.8. The first-order valence-electron chi connectivity index (χ1n) is 7.54. The van der Waals surface area contributed by atoms with Crippen LogP contribution in [0.4, 0.5) is 0 Å². The first-order valence-corrected chi connectivity index (χ1v) is 9.95. The molecule has 0 aliphatic rings. The van der Waals surface area contributed by atoms with Crippen molar-refractivity contribution in [1.29, 1.82) is 0 Å². The van der Waals surface area contributed by atoms with Gasteiger partial charge >= 0.3 is 0 Å². The molecule has 0 fully saturated rings. The Morgan fingerprint density at radius 3 is 1.87 bits per heavy atom. The summed E-state index contributed by atoms with van der Waals surface area (Å²) in [6.45, 7) is 12.6. The van der Waals surface area contributed by atoms with Gasteiger partial charge in [-0.25, -0.2) is 4.98 Å². The molecule has 1 aromatic heterocycles. The quantitative estimate of drug-likeness (QED) is 0.614. The third-order valence-corrected chi connectivity index (χ3v) is 5.98. The van der Waals surface area contributed by atoms with Gasteiger partial charge in [-0.1, -0.05) is 76.2 Å². The van der Waals surface area contributed by atoms with Crippen LogP contribution in [0, 0.1) is 0 Å². The van der Waals surface area contributed by atoms with Crippen molar-refractivity contribution >= 4 is 34.7 Å². The van der Waals surface area contributed by atoms with Crippen LogP contribution in [0.1, 0.15) is 52.7 Å². The number of thioether (sulfide) groups is 1. The second-order valence-corrected chi connectivity index (χ2v) is 10.4. The zero-order valence-corrected chi connectivity index (χ0v) is 17.1. The molecule has 0 aliphatic heterocycles. The molecule has 2 rings (SSSR count). The van der Waals surface area contributed by atoms with Crippen LogP contribution in [-0.2, 0) is 10.8 Å². The molecule has 0 aliphatic carbocycles. The second-order valence-electron chi connectivity index (χ2n) is 7.73. The fraction of sp³-hybridized carbons (Fsp3) is 0.500. The van der Waals surface area contributed by atoms with Crippen LogP contribution in [0.25, 0.3) is 11.3 Å². The minimum absolute atomic E-state index is 0.162. The number of nitrogens with zero attached hydrogens (tertiary/aromatic N) is 1. The third-order valence-electron chi connectivity index (χ3n) is 3.74. The van der Waals surface area contributed by atoms with E-state index in [-0.39, 0.29) is 10.8 Å². The highest BCUT2D eigenvalue weighted by molar-refractivity contribution is 8.00. The van der Waals surface area contributed by atoms with E-state index in [1.807, 2.05) is 18.4 Å². The lowest BCUT2D eigenvalue weighted by atomic mass is 9.78. The van der Waals surface area contributed by atoms with Gasteiger partial charge in [-0.2, -0.15) is 0 Å². The molecule has 0 saturated carbocycles. The van der Waals surface area contributed by atoms with Gasteiger partial charge < -0.3 is 5.11 Å². The van der Waals surface area contributed by atoms with Crippen LogP contribution in [0.3, 0.4) is 0 Å². The first-order chi connectivity index (χ1) is 10.4. The molecule has 0 amide bonds. The fourth-order valence-corrected chi connectivity index (χ4v) is 4.29. The van der Waals surface area contributed by atoms with E-state index in [2.05, 4.69) is 46.5 Å². The minimum Gasteiger partial charge on any atom is -0.507 e. The van der Waals surface area contributed by atoms with Crippen LogP contribution < -0.4 is 0 Å². The third kappa shape index (κ3) is 3.86. The summed E-state index contributed by atoms with van der Waals surface area (Å²) in [7, 11) is 0. The van der Waals surface area contributed by atoms with Crippen molar-refractivity contribution in [1.82, 2.24) is 4.98 Å². The summed E-state index contributed by atoms with van der Waals surface area (Å²) in [6, 6.07) is 4.05. The van der Waals surface area contributed by atoms with Crippen molar-refractivity contribution in [3.8, 4) is 17.0 Å². The zero-order chi connectivity index (χ0) is 17.6. The molecule has 2 nitrogen and oxygen atoms in total. The standard InChI is InChI=1S/C18H24ClNOS2/c1-17(2,3)11-8-10(9-12(14(11)21)18(4,5)6)13-15(19)23-16(20-13)22-7/h8-9,21H,1-7H3. The van der Waals surface area contributed by atoms with E-state index in [1.54, 1.807) is 11.8 Å². The van der Waals surface area contributed by atoms with Crippen LogP contribution in [-0.4, -0.2) is 16.3 Å². The maximum absolute atomic E-state index is 10.8. The summed E-state index contributed by atoms with van der Waals surface area (Å²) in [4.78, 5) is 4.64. The molecule has 5 heteroatoms. The van der Waals surface area contributed by atoms with E-state index in [0.717, 1.165) is 26.7 Å². The molecule has 0 atom stereocenters. The summed E-state index contributed by atoms with van der Waals surface area (Å²) in [5.74, 6) is 0.380. The Labute approximate surface area is 152 Å². The average molecular weight is 370 g/mol. The van der Waals surface area contributed by atoms with Gasteiger partial charge in [0, 0.05) is 16.7 Å². The molecule has 0 saturated heterocycles. The smallest absolute Gasteiger partial charge is 0.151 e. The van der Waals surface area contributed by atoms with Gasteiger partial charge in [-0.05, 0) is 29.2 Å². The summed E-state index contributed by atoms with van der Waals surface area (Å²) in [5.41, 5.74) is 3.30. The molecular weight excluding hydrogens is 346 g/mol. The summed E-state index contributed by atoms with van der Waals surface area (Å²) < 4.78 is 1.65. The highest BCUT2D eigenvalue weighted by Gasteiger charge is 2.27. The van der Waals surface area contributed by atoms with Crippen LogP contribution >= 0.6 is 34.7 Å². The van der Waals surface area contributed by atoms with Crippen LogP contribution in [0.15, 0.2) is 16.5 Å². The normalized spacial score (nSPS) is 12.7. The van der Waals surface area contributed by atoms with Crippen molar-refractivity contribution < 1.29 is 5.11 Å². The van der Waals surface area contributed by atoms with Gasteiger partial charge in [0.2, 0.25) is 0 Å². The largest absolute Gasteiger partial charge is 0.507 e. The molecule has 1 N–H and O–H groups in total. The Bertz CT molecular complexity index is 689. The van der Waals surface area contributed by atoms with Crippen LogP contribution in [0.5, 0.6) is 5.75 Å². The number of halogens is 1. The highest BCUT2D eigenvalue weighted by Crippen LogP contribution is 2.44. The fourth-order valence-electron chi connectivity index (χ4n) is 2.46. The Kier molecular flexibility index (Phi) is 5.10. The number of aromatic hydroxyl groups is 1. The Balaban J connectivity index is 2.76. The van der Waals surface area contributed by atoms with Crippen molar-refractivity contribution in [2.24, 2.45) is 0 Å². The van der Waals surface area contributed by atoms with E-state index in [9.17, 15) is 5.11 Å². The Hall–Kier alpha value is -0.710. The predicted octanol–water partition coefficient (Wildman–Crippen LogP) is 6.49. The van der Waals surface area contributed by atoms with E-state index in [1.165, 1.54) is 11.3 Å². The lowest BCUT2D eigenvalue weighted by Gasteiger charge is -2.28. The number of aromatic nitrogens is 1. The molecule has 0 unspecified atom stereocenters. The SMILES string of the molecule is CSc1nc(-c2cc(C(C)(C)C)c(O)c(C(C)(C)C)c2)c(Cl)s1. The van der Waals surface area contributed by atoms with Crippen molar-refractivity contribution in [3.63, 3.8) is 0 Å². The molecule has 1 heterocycles. The molecular formula is C18H24ClNOS2. The van der Waals surface area contributed by atoms with Crippen LogP contribution in [0.2, 0.25) is 4.34 Å². The first kappa shape index (κ1) is 18.6. The molecule has 0 radical (unpaired) electrons. The van der Waals surface area contributed by atoms with Gasteiger partial charge in [0.05, 0.1) is 0 Å². The Morgan fingerprint density at radius 2 is 1.52 bits per heavy atom. The van der Waals surface area contributed by atoms with Crippen molar-refractivity contribution in [3.05, 3.63) is 27.6 Å². The minimum atomic E-state index is -0.162. The number of phenolic OH excluding ortho intramolecular Hbond substituents is 1. The highest BCUT2D eigenvalue weighted by atomic mass is 35.5. The number of hydrogen-bond donors (Lipinski definition) is 1. The second kappa shape index (κ2) is 6.30. The topological polar surface area (TPSA) is 33.1 Å². The van der Waals surface area contributed by atoms with Gasteiger partial charge in [-0.3, -0.25) is 0 Å². The molecule has 2 aromatic rings. The maximum atomic E-state index is 10.8. The van der Waals surface area contributed by atoms with E-state index >= 15 is 0 Å². The van der Waals surface area contributed by atoms with Crippen molar-refractivity contribution in [2.45, 2.75) is 56.7 Å². The number of hydrogen-bond acceptors (Lipinski definition) is 4. The Morgan fingerprint density at radius 1 is 1.04 bits per heavy atom. The van der Waals surface area contributed by atoms with E-state index in [0.29, 0.717) is 10.1 Å². The summed E-state index contributed by atoms with van der Waals surface area (Å²) in [6.07, 6.45) is 2.00. The average Bonchev–Trinajstić information content (AvgIpc) is 2.77. The molecule has 0 bridgehead atoms. The molecule has 1 aromatic carbocycles. The number of benzene rings is 1. The number of thiazole rings is 1. The zero-order valence-electron chi connectivity index (χ0n) is 14.7. The lowest BCUT2D eigenvalue weighted by molar-refractivity contribution is 0.423. The molecule has 0 spiro atoms. The van der Waals surface area contributed by atoms with Crippen molar-refractivity contribution in [2.75, 3.05) is 6.26 Å². The predicted molar refractivity (Wildman–Crippen MR) is 103 cm³/mol. The lowest BCUT2D eigenvalue weighted by Crippen LogP contribution is -2.17. The van der Waals surface area contributed by atoms with Gasteiger partial charge in [-0.15, -0.1) is 0 Å². The number of rotatable bonds is 2. The van der Waals surface area contributed by atoms with E-state index < -0.39 is 0 Å². The van der Waals surface area contributed by atoms with Gasteiger partial charge in [0.1, 0.15) is 15.8 Å². The van der Waals surface area contributed by atoms with E-state index in [4.69, 9.17) is 11.6 Å². The number of phenols is 1. The monoisotopic (exact) mass is 369 g/mol. The molecule has 126 valence electrons. The van der Waals surface area contributed by atoms with Gasteiger partial charge in [0.25, 0.3) is 0 Å². The van der Waals surface area contributed by atoms with Gasteiger partial charge in [0.15, 0.2) is 4.34 Å². The maximum Gasteiger partial charge on any atom is 0.151 e.